The Morgan fingerprint density at radius 3 is 2.47 bits per heavy atom. The number of para-hydroxylation sites is 1. The average Bonchev–Trinajstić information content (AvgIpc) is 3.11. The monoisotopic (exact) mass is 491 g/mol. The van der Waals surface area contributed by atoms with Crippen LogP contribution in [0.25, 0.3) is 0 Å². The van der Waals surface area contributed by atoms with Crippen LogP contribution in [0.3, 0.4) is 0 Å². The molecule has 0 unspecified atom stereocenters. The fourth-order valence-corrected chi connectivity index (χ4v) is 3.91. The van der Waals surface area contributed by atoms with Gasteiger partial charge in [-0.25, -0.2) is 0 Å². The zero-order chi connectivity index (χ0) is 24.9. The van der Waals surface area contributed by atoms with Crippen molar-refractivity contribution in [2.45, 2.75) is 37.5 Å². The number of carbonyl (C=O) groups excluding carboxylic acids is 2. The minimum Gasteiger partial charge on any atom is -0.326 e. The molecule has 7 nitrogen and oxygen atoms in total. The Hall–Kier alpha value is -3.34. The number of amides is 2. The molecule has 0 aliphatic carbocycles. The van der Waals surface area contributed by atoms with Crippen molar-refractivity contribution in [2.75, 3.05) is 16.4 Å². The first kappa shape index (κ1) is 25.3. The Kier molecular flexibility index (Phi) is 7.98. The summed E-state index contributed by atoms with van der Waals surface area (Å²) >= 11 is 1.17. The molecule has 11 heteroatoms. The molecule has 0 saturated heterocycles. The Morgan fingerprint density at radius 2 is 1.76 bits per heavy atom. The van der Waals surface area contributed by atoms with E-state index in [1.54, 1.807) is 11.6 Å². The highest BCUT2D eigenvalue weighted by Gasteiger charge is 2.30. The van der Waals surface area contributed by atoms with E-state index >= 15 is 0 Å². The van der Waals surface area contributed by atoms with Crippen LogP contribution >= 0.6 is 11.8 Å². The van der Waals surface area contributed by atoms with Crippen molar-refractivity contribution >= 4 is 35.0 Å². The molecule has 2 aromatic carbocycles. The molecule has 3 aromatic rings. The quantitative estimate of drug-likeness (QED) is 0.439. The first-order valence-electron chi connectivity index (χ1n) is 10.4. The maximum absolute atomic E-state index is 12.8. The van der Waals surface area contributed by atoms with Crippen LogP contribution in [-0.2, 0) is 29.2 Å². The molecule has 0 radical (unpaired) electrons. The van der Waals surface area contributed by atoms with Crippen LogP contribution in [0.1, 0.15) is 36.7 Å². The van der Waals surface area contributed by atoms with E-state index in [0.717, 1.165) is 23.4 Å². The van der Waals surface area contributed by atoms with E-state index in [-0.39, 0.29) is 29.7 Å². The molecule has 2 N–H and O–H groups in total. The number of benzene rings is 2. The van der Waals surface area contributed by atoms with E-state index in [0.29, 0.717) is 11.0 Å². The summed E-state index contributed by atoms with van der Waals surface area (Å²) in [7, 11) is 1.65. The number of anilines is 2. The third-order valence-electron chi connectivity index (χ3n) is 4.91. The van der Waals surface area contributed by atoms with Crippen molar-refractivity contribution in [1.82, 2.24) is 14.8 Å². The molecule has 34 heavy (non-hydrogen) atoms. The van der Waals surface area contributed by atoms with E-state index < -0.39 is 17.6 Å². The molecule has 0 bridgehead atoms. The summed E-state index contributed by atoms with van der Waals surface area (Å²) in [6.07, 6.45) is -4.69. The largest absolute Gasteiger partial charge is 0.416 e. The highest BCUT2D eigenvalue weighted by Crippen LogP contribution is 2.30. The summed E-state index contributed by atoms with van der Waals surface area (Å²) in [4.78, 5) is 24.7. The maximum Gasteiger partial charge on any atom is 0.416 e. The van der Waals surface area contributed by atoms with E-state index in [1.165, 1.54) is 23.9 Å². The van der Waals surface area contributed by atoms with Gasteiger partial charge in [-0.2, -0.15) is 13.2 Å². The smallest absolute Gasteiger partial charge is 0.326 e. The van der Waals surface area contributed by atoms with E-state index in [2.05, 4.69) is 20.8 Å². The number of carbonyl (C=O) groups is 2. The van der Waals surface area contributed by atoms with Crippen molar-refractivity contribution in [2.24, 2.45) is 7.05 Å². The van der Waals surface area contributed by atoms with Crippen LogP contribution in [0, 0.1) is 0 Å². The molecule has 0 aliphatic rings. The van der Waals surface area contributed by atoms with Crippen LogP contribution in [0.15, 0.2) is 53.7 Å². The lowest BCUT2D eigenvalue weighted by Crippen LogP contribution is -2.18. The molecule has 180 valence electrons. The second kappa shape index (κ2) is 10.7. The second-order valence-electron chi connectivity index (χ2n) is 7.84. The van der Waals surface area contributed by atoms with E-state index in [9.17, 15) is 22.8 Å². The van der Waals surface area contributed by atoms with Gasteiger partial charge in [-0.05, 0) is 35.7 Å². The van der Waals surface area contributed by atoms with Crippen LogP contribution in [-0.4, -0.2) is 32.3 Å². The van der Waals surface area contributed by atoms with Gasteiger partial charge in [0.2, 0.25) is 11.8 Å². The minimum atomic E-state index is -4.50. The van der Waals surface area contributed by atoms with E-state index in [4.69, 9.17) is 0 Å². The van der Waals surface area contributed by atoms with Gasteiger partial charge in [-0.3, -0.25) is 9.59 Å². The van der Waals surface area contributed by atoms with Crippen LogP contribution in [0.4, 0.5) is 24.5 Å². The standard InChI is InChI=1S/C23H24F3N5O2S/c1-14(2)17-9-4-5-10-18(17)28-21(33)13-34-22-30-29-19(31(22)3)12-20(32)27-16-8-6-7-15(11-16)23(24,25)26/h4-11,14H,12-13H2,1-3H3,(H,27,32)(H,28,33). The van der Waals surface area contributed by atoms with Crippen LogP contribution in [0.2, 0.25) is 0 Å². The number of thioether (sulfide) groups is 1. The van der Waals surface area contributed by atoms with Gasteiger partial charge in [0.15, 0.2) is 5.16 Å². The predicted molar refractivity (Wildman–Crippen MR) is 125 cm³/mol. The fraction of sp³-hybridized carbons (Fsp3) is 0.304. The Morgan fingerprint density at radius 1 is 1.03 bits per heavy atom. The third kappa shape index (κ3) is 6.60. The zero-order valence-electron chi connectivity index (χ0n) is 18.8. The number of aromatic nitrogens is 3. The number of nitrogens with one attached hydrogen (secondary N) is 2. The number of nitrogens with zero attached hydrogens (tertiary/aromatic N) is 3. The minimum absolute atomic E-state index is 0.0370. The number of hydrogen-bond donors (Lipinski definition) is 2. The maximum atomic E-state index is 12.8. The summed E-state index contributed by atoms with van der Waals surface area (Å²) in [5.74, 6) is -0.0705. The Labute approximate surface area is 199 Å². The van der Waals surface area contributed by atoms with Crippen molar-refractivity contribution < 1.29 is 22.8 Å². The number of hydrogen-bond acceptors (Lipinski definition) is 5. The summed E-state index contributed by atoms with van der Waals surface area (Å²) < 4.78 is 40.1. The topological polar surface area (TPSA) is 88.9 Å². The first-order chi connectivity index (χ1) is 16.0. The summed E-state index contributed by atoms with van der Waals surface area (Å²) in [6.45, 7) is 4.09. The zero-order valence-corrected chi connectivity index (χ0v) is 19.6. The van der Waals surface area contributed by atoms with Gasteiger partial charge in [0.05, 0.1) is 17.7 Å². The van der Waals surface area contributed by atoms with Crippen molar-refractivity contribution in [1.29, 1.82) is 0 Å². The lowest BCUT2D eigenvalue weighted by Gasteiger charge is -2.13. The molecule has 3 rings (SSSR count). The predicted octanol–water partition coefficient (Wildman–Crippen LogP) is 4.87. The lowest BCUT2D eigenvalue weighted by atomic mass is 10.0. The van der Waals surface area contributed by atoms with Crippen molar-refractivity contribution in [3.8, 4) is 0 Å². The van der Waals surface area contributed by atoms with Gasteiger partial charge >= 0.3 is 6.18 Å². The molecule has 0 spiro atoms. The van der Waals surface area contributed by atoms with Crippen LogP contribution in [0.5, 0.6) is 0 Å². The molecule has 0 aliphatic heterocycles. The SMILES string of the molecule is CC(C)c1ccccc1NC(=O)CSc1nnc(CC(=O)Nc2cccc(C(F)(F)F)c2)n1C. The van der Waals surface area contributed by atoms with E-state index in [1.807, 2.05) is 38.1 Å². The van der Waals surface area contributed by atoms with Crippen molar-refractivity contribution in [3.63, 3.8) is 0 Å². The van der Waals surface area contributed by atoms with Crippen LogP contribution < -0.4 is 10.6 Å². The molecule has 0 atom stereocenters. The molecule has 1 heterocycles. The average molecular weight is 492 g/mol. The van der Waals surface area contributed by atoms with Gasteiger partial charge in [-0.15, -0.1) is 10.2 Å². The number of halogens is 3. The number of alkyl halides is 3. The van der Waals surface area contributed by atoms with Gasteiger partial charge in [0.25, 0.3) is 0 Å². The summed E-state index contributed by atoms with van der Waals surface area (Å²) in [5, 5.41) is 13.8. The third-order valence-corrected chi connectivity index (χ3v) is 5.93. The van der Waals surface area contributed by atoms with Crippen molar-refractivity contribution in [3.05, 3.63) is 65.5 Å². The molecule has 0 fully saturated rings. The van der Waals surface area contributed by atoms with Gasteiger partial charge in [0, 0.05) is 18.4 Å². The molecule has 2 amide bonds. The summed E-state index contributed by atoms with van der Waals surface area (Å²) in [5.41, 5.74) is 0.980. The first-order valence-corrected chi connectivity index (χ1v) is 11.4. The summed E-state index contributed by atoms with van der Waals surface area (Å²) in [6, 6.07) is 12.0. The molecule has 1 aromatic heterocycles. The number of rotatable bonds is 8. The Balaban J connectivity index is 1.57. The second-order valence-corrected chi connectivity index (χ2v) is 8.78. The molecular weight excluding hydrogens is 467 g/mol. The highest BCUT2D eigenvalue weighted by molar-refractivity contribution is 7.99. The lowest BCUT2D eigenvalue weighted by molar-refractivity contribution is -0.137. The Bertz CT molecular complexity index is 1180. The normalized spacial score (nSPS) is 11.5. The molecule has 0 saturated carbocycles. The highest BCUT2D eigenvalue weighted by atomic mass is 32.2. The fourth-order valence-electron chi connectivity index (χ4n) is 3.18. The van der Waals surface area contributed by atoms with Gasteiger partial charge < -0.3 is 15.2 Å². The van der Waals surface area contributed by atoms with Gasteiger partial charge in [0.1, 0.15) is 5.82 Å². The van der Waals surface area contributed by atoms with Gasteiger partial charge in [-0.1, -0.05) is 49.9 Å². The molecular formula is C23H24F3N5O2S.